The number of carbonyl (C=O) groups is 2. The summed E-state index contributed by atoms with van der Waals surface area (Å²) < 4.78 is 26.7. The summed E-state index contributed by atoms with van der Waals surface area (Å²) in [4.78, 5) is 25.3. The maximum Gasteiger partial charge on any atom is 0.275 e. The molecule has 1 fully saturated rings. The largest absolute Gasteiger partial charge is 0.354 e. The first-order valence-corrected chi connectivity index (χ1v) is 10.7. The SMILES string of the molecule is CCCNC(=O)[C@@H](C)NC(=O)C[NH+]1CCN(S(=O)(=O)c2ccccc2)CC1. The number of nitrogens with zero attached hydrogens (tertiary/aromatic N) is 1. The van der Waals surface area contributed by atoms with Gasteiger partial charge in [-0.1, -0.05) is 25.1 Å². The monoisotopic (exact) mass is 397 g/mol. The Hall–Kier alpha value is -1.97. The lowest BCUT2D eigenvalue weighted by atomic mass is 10.3. The molecule has 2 amide bonds. The van der Waals surface area contributed by atoms with Crippen LogP contribution in [0, 0.1) is 0 Å². The summed E-state index contributed by atoms with van der Waals surface area (Å²) >= 11 is 0. The van der Waals surface area contributed by atoms with Gasteiger partial charge in [0.05, 0.1) is 31.1 Å². The first-order chi connectivity index (χ1) is 12.8. The van der Waals surface area contributed by atoms with Crippen LogP contribution in [0.25, 0.3) is 0 Å². The minimum Gasteiger partial charge on any atom is -0.354 e. The van der Waals surface area contributed by atoms with Gasteiger partial charge in [0, 0.05) is 6.54 Å². The van der Waals surface area contributed by atoms with Crippen molar-refractivity contribution in [3.63, 3.8) is 0 Å². The number of quaternary nitrogens is 1. The standard InChI is InChI=1S/C18H28N4O4S/c1-3-9-19-18(24)15(2)20-17(23)14-21-10-12-22(13-11-21)27(25,26)16-7-5-4-6-8-16/h4-8,15H,3,9-14H2,1-2H3,(H,19,24)(H,20,23)/p+1/t15-/m1/s1. The van der Waals surface area contributed by atoms with Crippen molar-refractivity contribution in [1.29, 1.82) is 0 Å². The van der Waals surface area contributed by atoms with Crippen LogP contribution in [0.3, 0.4) is 0 Å². The molecule has 27 heavy (non-hydrogen) atoms. The van der Waals surface area contributed by atoms with Crippen LogP contribution in [0.4, 0.5) is 0 Å². The Balaban J connectivity index is 1.80. The summed E-state index contributed by atoms with van der Waals surface area (Å²) in [7, 11) is -3.49. The molecule has 1 aliphatic rings. The van der Waals surface area contributed by atoms with Gasteiger partial charge in [-0.25, -0.2) is 8.42 Å². The topological polar surface area (TPSA) is 100 Å². The van der Waals surface area contributed by atoms with Gasteiger partial charge in [0.2, 0.25) is 15.9 Å². The number of rotatable bonds is 8. The first kappa shape index (κ1) is 21.3. The average Bonchev–Trinajstić information content (AvgIpc) is 2.67. The molecule has 0 bridgehead atoms. The molecule has 0 aliphatic carbocycles. The van der Waals surface area contributed by atoms with Crippen LogP contribution in [0.15, 0.2) is 35.2 Å². The van der Waals surface area contributed by atoms with E-state index < -0.39 is 16.1 Å². The molecule has 1 aromatic carbocycles. The molecule has 3 N–H and O–H groups in total. The molecule has 1 aromatic rings. The van der Waals surface area contributed by atoms with E-state index in [1.165, 1.54) is 4.31 Å². The number of hydrogen-bond donors (Lipinski definition) is 3. The number of amides is 2. The minimum atomic E-state index is -3.49. The van der Waals surface area contributed by atoms with Crippen molar-refractivity contribution in [2.24, 2.45) is 0 Å². The summed E-state index contributed by atoms with van der Waals surface area (Å²) in [6.45, 7) is 6.27. The maximum atomic E-state index is 12.6. The first-order valence-electron chi connectivity index (χ1n) is 9.30. The van der Waals surface area contributed by atoms with Gasteiger partial charge < -0.3 is 15.5 Å². The highest BCUT2D eigenvalue weighted by Crippen LogP contribution is 2.14. The molecule has 0 unspecified atom stereocenters. The summed E-state index contributed by atoms with van der Waals surface area (Å²) in [6.07, 6.45) is 0.840. The van der Waals surface area contributed by atoms with Crippen molar-refractivity contribution >= 4 is 21.8 Å². The van der Waals surface area contributed by atoms with Gasteiger partial charge >= 0.3 is 0 Å². The van der Waals surface area contributed by atoms with Crippen LogP contribution in [0.1, 0.15) is 20.3 Å². The number of benzene rings is 1. The van der Waals surface area contributed by atoms with Gasteiger partial charge in [0.25, 0.3) is 5.91 Å². The molecule has 9 heteroatoms. The van der Waals surface area contributed by atoms with Crippen LogP contribution in [0.2, 0.25) is 0 Å². The van der Waals surface area contributed by atoms with Gasteiger partial charge in [0.15, 0.2) is 6.54 Å². The second-order valence-corrected chi connectivity index (χ2v) is 8.66. The third-order valence-electron chi connectivity index (χ3n) is 4.54. The van der Waals surface area contributed by atoms with Crippen LogP contribution in [-0.4, -0.2) is 69.8 Å². The predicted molar refractivity (Wildman–Crippen MR) is 102 cm³/mol. The fraction of sp³-hybridized carbons (Fsp3) is 0.556. The molecule has 0 aromatic heterocycles. The van der Waals surface area contributed by atoms with Gasteiger partial charge in [-0.2, -0.15) is 4.31 Å². The summed E-state index contributed by atoms with van der Waals surface area (Å²) in [5.41, 5.74) is 0. The van der Waals surface area contributed by atoms with Crippen molar-refractivity contribution in [1.82, 2.24) is 14.9 Å². The van der Waals surface area contributed by atoms with Crippen LogP contribution in [-0.2, 0) is 19.6 Å². The van der Waals surface area contributed by atoms with Crippen LogP contribution >= 0.6 is 0 Å². The molecule has 0 radical (unpaired) electrons. The molecule has 1 heterocycles. The number of carbonyl (C=O) groups excluding carboxylic acids is 2. The van der Waals surface area contributed by atoms with E-state index in [1.54, 1.807) is 37.3 Å². The molecular formula is C18H29N4O4S+. The van der Waals surface area contributed by atoms with E-state index in [0.29, 0.717) is 32.7 Å². The van der Waals surface area contributed by atoms with Gasteiger partial charge in [0.1, 0.15) is 6.04 Å². The van der Waals surface area contributed by atoms with E-state index in [2.05, 4.69) is 10.6 Å². The predicted octanol–water partition coefficient (Wildman–Crippen LogP) is -1.39. The molecule has 2 rings (SSSR count). The number of sulfonamides is 1. The van der Waals surface area contributed by atoms with E-state index in [-0.39, 0.29) is 23.3 Å². The third-order valence-corrected chi connectivity index (χ3v) is 6.45. The molecule has 1 aliphatic heterocycles. The quantitative estimate of drug-likeness (QED) is 0.503. The molecular weight excluding hydrogens is 368 g/mol. The smallest absolute Gasteiger partial charge is 0.275 e. The summed E-state index contributed by atoms with van der Waals surface area (Å²) in [6, 6.07) is 7.79. The number of hydrogen-bond acceptors (Lipinski definition) is 4. The van der Waals surface area contributed by atoms with Gasteiger partial charge in [-0.15, -0.1) is 0 Å². The second-order valence-electron chi connectivity index (χ2n) is 6.72. The normalized spacial score (nSPS) is 17.3. The zero-order valence-corrected chi connectivity index (χ0v) is 16.7. The highest BCUT2D eigenvalue weighted by atomic mass is 32.2. The fourth-order valence-corrected chi connectivity index (χ4v) is 4.41. The van der Waals surface area contributed by atoms with Crippen molar-refractivity contribution < 1.29 is 22.9 Å². The molecule has 1 atom stereocenters. The Kier molecular flexibility index (Phi) is 7.76. The van der Waals surface area contributed by atoms with E-state index in [9.17, 15) is 18.0 Å². The number of nitrogens with one attached hydrogen (secondary N) is 3. The Bertz CT molecular complexity index is 731. The Labute approximate surface area is 161 Å². The lowest BCUT2D eigenvalue weighted by Crippen LogP contribution is -3.15. The van der Waals surface area contributed by atoms with E-state index in [0.717, 1.165) is 11.3 Å². The second kappa shape index (κ2) is 9.82. The molecule has 150 valence electrons. The third kappa shape index (κ3) is 6.02. The Morgan fingerprint density at radius 3 is 2.41 bits per heavy atom. The van der Waals surface area contributed by atoms with E-state index in [4.69, 9.17) is 0 Å². The van der Waals surface area contributed by atoms with Crippen molar-refractivity contribution in [3.8, 4) is 0 Å². The van der Waals surface area contributed by atoms with Crippen molar-refractivity contribution in [2.75, 3.05) is 39.3 Å². The summed E-state index contributed by atoms with van der Waals surface area (Å²) in [5.74, 6) is -0.400. The summed E-state index contributed by atoms with van der Waals surface area (Å²) in [5, 5.41) is 5.44. The Morgan fingerprint density at radius 2 is 1.81 bits per heavy atom. The molecule has 0 saturated carbocycles. The number of piperazine rings is 1. The van der Waals surface area contributed by atoms with Crippen LogP contribution < -0.4 is 15.5 Å². The fourth-order valence-electron chi connectivity index (χ4n) is 2.95. The van der Waals surface area contributed by atoms with Gasteiger partial charge in [-0.3, -0.25) is 9.59 Å². The lowest BCUT2D eigenvalue weighted by Gasteiger charge is -2.31. The van der Waals surface area contributed by atoms with E-state index >= 15 is 0 Å². The molecule has 8 nitrogen and oxygen atoms in total. The van der Waals surface area contributed by atoms with Gasteiger partial charge in [-0.05, 0) is 25.5 Å². The lowest BCUT2D eigenvalue weighted by molar-refractivity contribution is -0.895. The Morgan fingerprint density at radius 1 is 1.19 bits per heavy atom. The molecule has 0 spiro atoms. The van der Waals surface area contributed by atoms with Crippen molar-refractivity contribution in [2.45, 2.75) is 31.2 Å². The van der Waals surface area contributed by atoms with Crippen LogP contribution in [0.5, 0.6) is 0 Å². The van der Waals surface area contributed by atoms with E-state index in [1.807, 2.05) is 6.92 Å². The highest BCUT2D eigenvalue weighted by Gasteiger charge is 2.31. The van der Waals surface area contributed by atoms with Crippen molar-refractivity contribution in [3.05, 3.63) is 30.3 Å². The molecule has 1 saturated heterocycles. The maximum absolute atomic E-state index is 12.6. The minimum absolute atomic E-state index is 0.195. The average molecular weight is 398 g/mol. The zero-order chi connectivity index (χ0) is 19.9. The highest BCUT2D eigenvalue weighted by molar-refractivity contribution is 7.89. The zero-order valence-electron chi connectivity index (χ0n) is 15.9.